The second-order valence-corrected chi connectivity index (χ2v) is 5.59. The van der Waals surface area contributed by atoms with E-state index in [0.717, 1.165) is 3.57 Å². The van der Waals surface area contributed by atoms with Crippen LogP contribution >= 0.6 is 22.6 Å². The molecule has 0 aliphatic heterocycles. The van der Waals surface area contributed by atoms with Gasteiger partial charge in [-0.3, -0.25) is 9.59 Å². The van der Waals surface area contributed by atoms with Crippen LogP contribution in [0, 0.1) is 24.3 Å². The van der Waals surface area contributed by atoms with Crippen molar-refractivity contribution in [2.45, 2.75) is 27.3 Å². The summed E-state index contributed by atoms with van der Waals surface area (Å²) < 4.78 is 7.58. The summed E-state index contributed by atoms with van der Waals surface area (Å²) in [5.74, 6) is 0.425. The predicted molar refractivity (Wildman–Crippen MR) is 78.5 cm³/mol. The molecular weight excluding hydrogens is 359 g/mol. The van der Waals surface area contributed by atoms with Crippen LogP contribution in [0.1, 0.15) is 27.7 Å². The first-order chi connectivity index (χ1) is 8.88. The highest BCUT2D eigenvalue weighted by molar-refractivity contribution is 14.1. The molecule has 5 nitrogen and oxygen atoms in total. The smallest absolute Gasteiger partial charge is 0.253 e. The van der Waals surface area contributed by atoms with Crippen LogP contribution < -0.4 is 5.56 Å². The van der Waals surface area contributed by atoms with E-state index in [1.54, 1.807) is 33.0 Å². The van der Waals surface area contributed by atoms with Gasteiger partial charge in [-0.15, -0.1) is 0 Å². The number of Topliss-reactive ketones (excluding diaryl/α,β-unsaturated/α-hetero) is 1. The van der Waals surface area contributed by atoms with Gasteiger partial charge in [-0.1, -0.05) is 0 Å². The summed E-state index contributed by atoms with van der Waals surface area (Å²) in [6.07, 6.45) is 1.66. The van der Waals surface area contributed by atoms with Crippen molar-refractivity contribution in [3.05, 3.63) is 49.1 Å². The van der Waals surface area contributed by atoms with E-state index in [-0.39, 0.29) is 23.6 Å². The van der Waals surface area contributed by atoms with Crippen molar-refractivity contribution < 1.29 is 9.21 Å². The quantitative estimate of drug-likeness (QED) is 0.613. The Balaban J connectivity index is 2.34. The van der Waals surface area contributed by atoms with Crippen LogP contribution in [-0.4, -0.2) is 15.3 Å². The molecule has 0 bridgehead atoms. The molecule has 0 spiro atoms. The molecule has 2 rings (SSSR count). The van der Waals surface area contributed by atoms with Gasteiger partial charge in [0.15, 0.2) is 11.7 Å². The minimum absolute atomic E-state index is 0.0357. The number of aryl methyl sites for hydroxylation is 3. The standard InChI is InChI=1S/C13H13IN2O3/c1-7-4-10(14)5-16(13(7)18)6-11(17)12-8(2)15-9(3)19-12/h4-5H,6H2,1-3H3. The van der Waals surface area contributed by atoms with Gasteiger partial charge in [0, 0.05) is 22.3 Å². The van der Waals surface area contributed by atoms with Crippen molar-refractivity contribution in [2.75, 3.05) is 0 Å². The Morgan fingerprint density at radius 3 is 2.68 bits per heavy atom. The Labute approximate surface area is 123 Å². The largest absolute Gasteiger partial charge is 0.438 e. The molecule has 0 aromatic carbocycles. The van der Waals surface area contributed by atoms with Gasteiger partial charge in [0.1, 0.15) is 0 Å². The molecular formula is C13H13IN2O3. The molecule has 0 unspecified atom stereocenters. The maximum Gasteiger partial charge on any atom is 0.253 e. The molecule has 0 aliphatic carbocycles. The van der Waals surface area contributed by atoms with E-state index in [2.05, 4.69) is 27.6 Å². The third kappa shape index (κ3) is 2.94. The SMILES string of the molecule is Cc1nc(C)c(C(=O)Cn2cc(I)cc(C)c2=O)o1. The zero-order chi connectivity index (χ0) is 14.2. The van der Waals surface area contributed by atoms with Crippen LogP contribution in [0.3, 0.4) is 0 Å². The summed E-state index contributed by atoms with van der Waals surface area (Å²) in [6, 6.07) is 1.79. The summed E-state index contributed by atoms with van der Waals surface area (Å²) in [5.41, 5.74) is 1.01. The number of carbonyl (C=O) groups is 1. The molecule has 0 aliphatic rings. The van der Waals surface area contributed by atoms with Crippen molar-refractivity contribution in [3.8, 4) is 0 Å². The molecule has 2 aromatic rings. The summed E-state index contributed by atoms with van der Waals surface area (Å²) >= 11 is 2.11. The highest BCUT2D eigenvalue weighted by Crippen LogP contribution is 2.11. The molecule has 100 valence electrons. The van der Waals surface area contributed by atoms with E-state index in [0.29, 0.717) is 17.1 Å². The lowest BCUT2D eigenvalue weighted by molar-refractivity contribution is 0.0941. The fourth-order valence-electron chi connectivity index (χ4n) is 1.87. The number of carbonyl (C=O) groups excluding carboxylic acids is 1. The van der Waals surface area contributed by atoms with Gasteiger partial charge in [-0.2, -0.15) is 0 Å². The molecule has 2 heterocycles. The topological polar surface area (TPSA) is 65.1 Å². The molecule has 0 radical (unpaired) electrons. The van der Waals surface area contributed by atoms with Gasteiger partial charge in [0.25, 0.3) is 5.56 Å². The minimum Gasteiger partial charge on any atom is -0.438 e. The van der Waals surface area contributed by atoms with Crippen LogP contribution in [0.4, 0.5) is 0 Å². The van der Waals surface area contributed by atoms with Gasteiger partial charge in [-0.05, 0) is 42.5 Å². The molecule has 0 saturated heterocycles. The molecule has 0 saturated carbocycles. The van der Waals surface area contributed by atoms with Gasteiger partial charge in [0.2, 0.25) is 5.78 Å². The molecule has 0 atom stereocenters. The minimum atomic E-state index is -0.249. The number of pyridine rings is 1. The van der Waals surface area contributed by atoms with Gasteiger partial charge in [0.05, 0.1) is 12.2 Å². The van der Waals surface area contributed by atoms with E-state index in [9.17, 15) is 9.59 Å². The normalized spacial score (nSPS) is 10.7. The van der Waals surface area contributed by atoms with Crippen molar-refractivity contribution in [2.24, 2.45) is 0 Å². The van der Waals surface area contributed by atoms with Crippen LogP contribution in [0.25, 0.3) is 0 Å². The zero-order valence-corrected chi connectivity index (χ0v) is 13.0. The highest BCUT2D eigenvalue weighted by atomic mass is 127. The van der Waals surface area contributed by atoms with Crippen molar-refractivity contribution in [1.82, 2.24) is 9.55 Å². The van der Waals surface area contributed by atoms with E-state index < -0.39 is 0 Å². The first-order valence-corrected chi connectivity index (χ1v) is 6.80. The van der Waals surface area contributed by atoms with E-state index in [1.807, 2.05) is 0 Å². The molecule has 0 fully saturated rings. The van der Waals surface area contributed by atoms with E-state index >= 15 is 0 Å². The van der Waals surface area contributed by atoms with Gasteiger partial charge < -0.3 is 8.98 Å². The number of rotatable bonds is 3. The molecule has 2 aromatic heterocycles. The fourth-order valence-corrected chi connectivity index (χ4v) is 2.68. The number of aromatic nitrogens is 2. The second kappa shape index (κ2) is 5.28. The van der Waals surface area contributed by atoms with E-state index in [1.165, 1.54) is 4.57 Å². The van der Waals surface area contributed by atoms with Crippen molar-refractivity contribution in [1.29, 1.82) is 0 Å². The third-order valence-corrected chi connectivity index (χ3v) is 3.29. The van der Waals surface area contributed by atoms with Crippen LogP contribution in [0.5, 0.6) is 0 Å². The average molecular weight is 372 g/mol. The van der Waals surface area contributed by atoms with Crippen LogP contribution in [0.15, 0.2) is 21.5 Å². The van der Waals surface area contributed by atoms with Crippen molar-refractivity contribution in [3.63, 3.8) is 0 Å². The molecule has 19 heavy (non-hydrogen) atoms. The number of hydrogen-bond donors (Lipinski definition) is 0. The first kappa shape index (κ1) is 14.0. The molecule has 6 heteroatoms. The number of oxazole rings is 1. The average Bonchev–Trinajstić information content (AvgIpc) is 2.64. The Hall–Kier alpha value is -1.44. The van der Waals surface area contributed by atoms with E-state index in [4.69, 9.17) is 4.42 Å². The number of hydrogen-bond acceptors (Lipinski definition) is 4. The van der Waals surface area contributed by atoms with Gasteiger partial charge >= 0.3 is 0 Å². The molecule has 0 amide bonds. The van der Waals surface area contributed by atoms with Crippen molar-refractivity contribution >= 4 is 28.4 Å². The second-order valence-electron chi connectivity index (χ2n) is 4.34. The number of nitrogens with zero attached hydrogens (tertiary/aromatic N) is 2. The Kier molecular flexibility index (Phi) is 3.88. The predicted octanol–water partition coefficient (Wildman–Crippen LogP) is 2.25. The summed E-state index contributed by atoms with van der Waals surface area (Å²) in [7, 11) is 0. The maximum absolute atomic E-state index is 12.1. The third-order valence-electron chi connectivity index (χ3n) is 2.70. The summed E-state index contributed by atoms with van der Waals surface area (Å²) in [4.78, 5) is 28.1. The monoisotopic (exact) mass is 372 g/mol. The lowest BCUT2D eigenvalue weighted by Crippen LogP contribution is -2.26. The fraction of sp³-hybridized carbons (Fsp3) is 0.308. The zero-order valence-electron chi connectivity index (χ0n) is 10.9. The molecule has 0 N–H and O–H groups in total. The number of halogens is 1. The van der Waals surface area contributed by atoms with Gasteiger partial charge in [-0.25, -0.2) is 4.98 Å². The first-order valence-electron chi connectivity index (χ1n) is 5.72. The summed E-state index contributed by atoms with van der Waals surface area (Å²) in [6.45, 7) is 5.10. The summed E-state index contributed by atoms with van der Waals surface area (Å²) in [5, 5.41) is 0. The Morgan fingerprint density at radius 2 is 2.11 bits per heavy atom. The lowest BCUT2D eigenvalue weighted by Gasteiger charge is -2.06. The Bertz CT molecular complexity index is 700. The Morgan fingerprint density at radius 1 is 1.42 bits per heavy atom. The lowest BCUT2D eigenvalue weighted by atomic mass is 10.2. The van der Waals surface area contributed by atoms with Crippen LogP contribution in [0.2, 0.25) is 0 Å². The highest BCUT2D eigenvalue weighted by Gasteiger charge is 2.17. The maximum atomic E-state index is 12.1. The number of ketones is 1. The van der Waals surface area contributed by atoms with Crippen LogP contribution in [-0.2, 0) is 6.54 Å².